The van der Waals surface area contributed by atoms with Crippen molar-refractivity contribution in [2.45, 2.75) is 24.8 Å². The van der Waals surface area contributed by atoms with Gasteiger partial charge >= 0.3 is 12.2 Å². The number of alkyl halides is 3. The second kappa shape index (κ2) is 10.2. The SMILES string of the molecule is O=C(Nc1ccc(F)cc1F)N1CC(OC(c2ccc(Cl)cc2)c2ccccc2CC(F)(F)F)C1. The van der Waals surface area contributed by atoms with E-state index in [4.69, 9.17) is 16.3 Å². The summed E-state index contributed by atoms with van der Waals surface area (Å²) >= 11 is 5.98. The van der Waals surface area contributed by atoms with Gasteiger partial charge in [0.2, 0.25) is 0 Å². The van der Waals surface area contributed by atoms with E-state index in [1.54, 1.807) is 36.4 Å². The Morgan fingerprint density at radius 1 is 1.06 bits per heavy atom. The molecule has 35 heavy (non-hydrogen) atoms. The number of carbonyl (C=O) groups is 1. The van der Waals surface area contributed by atoms with Gasteiger partial charge in [-0.25, -0.2) is 13.6 Å². The van der Waals surface area contributed by atoms with E-state index in [0.29, 0.717) is 22.2 Å². The zero-order chi connectivity index (χ0) is 25.2. The van der Waals surface area contributed by atoms with Gasteiger partial charge in [-0.2, -0.15) is 13.2 Å². The average molecular weight is 511 g/mol. The molecule has 1 N–H and O–H groups in total. The number of amides is 2. The molecular formula is C25H20ClF5N2O2. The highest BCUT2D eigenvalue weighted by Crippen LogP contribution is 2.35. The Balaban J connectivity index is 1.49. The first-order valence-electron chi connectivity index (χ1n) is 10.7. The van der Waals surface area contributed by atoms with Crippen LogP contribution in [0.25, 0.3) is 0 Å². The van der Waals surface area contributed by atoms with Crippen molar-refractivity contribution in [2.75, 3.05) is 18.4 Å². The van der Waals surface area contributed by atoms with E-state index >= 15 is 0 Å². The van der Waals surface area contributed by atoms with Crippen molar-refractivity contribution in [2.24, 2.45) is 0 Å². The second-order valence-corrected chi connectivity index (χ2v) is 8.58. The Morgan fingerprint density at radius 3 is 2.40 bits per heavy atom. The number of halogens is 6. The monoisotopic (exact) mass is 510 g/mol. The summed E-state index contributed by atoms with van der Waals surface area (Å²) in [6.07, 6.45) is -6.81. The number of hydrogen-bond donors (Lipinski definition) is 1. The Morgan fingerprint density at radius 2 is 1.74 bits per heavy atom. The lowest BCUT2D eigenvalue weighted by molar-refractivity contribution is -0.127. The molecular weight excluding hydrogens is 491 g/mol. The summed E-state index contributed by atoms with van der Waals surface area (Å²) in [6.45, 7) is 0.278. The first-order chi connectivity index (χ1) is 16.6. The van der Waals surface area contributed by atoms with Gasteiger partial charge in [-0.1, -0.05) is 48.0 Å². The second-order valence-electron chi connectivity index (χ2n) is 8.14. The van der Waals surface area contributed by atoms with E-state index in [-0.39, 0.29) is 24.3 Å². The lowest BCUT2D eigenvalue weighted by Crippen LogP contribution is -2.56. The zero-order valence-electron chi connectivity index (χ0n) is 18.2. The summed E-state index contributed by atoms with van der Waals surface area (Å²) in [5.41, 5.74) is 0.894. The van der Waals surface area contributed by atoms with Crippen LogP contribution in [0.3, 0.4) is 0 Å². The maximum atomic E-state index is 13.8. The van der Waals surface area contributed by atoms with Crippen LogP contribution in [-0.2, 0) is 11.2 Å². The Bertz CT molecular complexity index is 1200. The number of benzene rings is 3. The Labute approximate surface area is 203 Å². The van der Waals surface area contributed by atoms with Crippen molar-refractivity contribution in [3.05, 3.63) is 100 Å². The van der Waals surface area contributed by atoms with Gasteiger partial charge in [0.15, 0.2) is 0 Å². The maximum Gasteiger partial charge on any atom is 0.393 e. The van der Waals surface area contributed by atoms with Gasteiger partial charge in [-0.05, 0) is 41.0 Å². The minimum absolute atomic E-state index is 0.0839. The molecule has 0 radical (unpaired) electrons. The fourth-order valence-electron chi connectivity index (χ4n) is 3.80. The van der Waals surface area contributed by atoms with Crippen molar-refractivity contribution in [3.8, 4) is 0 Å². The number of nitrogens with one attached hydrogen (secondary N) is 1. The molecule has 0 aromatic heterocycles. The molecule has 1 unspecified atom stereocenters. The number of urea groups is 1. The van der Waals surface area contributed by atoms with Crippen molar-refractivity contribution in [1.29, 1.82) is 0 Å². The third kappa shape index (κ3) is 6.29. The van der Waals surface area contributed by atoms with Crippen LogP contribution in [0, 0.1) is 11.6 Å². The van der Waals surface area contributed by atoms with Crippen molar-refractivity contribution < 1.29 is 31.5 Å². The van der Waals surface area contributed by atoms with Crippen molar-refractivity contribution >= 4 is 23.3 Å². The topological polar surface area (TPSA) is 41.6 Å². The number of anilines is 1. The van der Waals surface area contributed by atoms with Crippen LogP contribution in [0.4, 0.5) is 32.4 Å². The van der Waals surface area contributed by atoms with Gasteiger partial charge in [-0.3, -0.25) is 0 Å². The molecule has 0 spiro atoms. The number of rotatable bonds is 6. The highest BCUT2D eigenvalue weighted by atomic mass is 35.5. The fourth-order valence-corrected chi connectivity index (χ4v) is 3.93. The lowest BCUT2D eigenvalue weighted by atomic mass is 9.94. The van der Waals surface area contributed by atoms with Crippen LogP contribution in [0.15, 0.2) is 66.7 Å². The zero-order valence-corrected chi connectivity index (χ0v) is 18.9. The van der Waals surface area contributed by atoms with Gasteiger partial charge < -0.3 is 15.0 Å². The summed E-state index contributed by atoms with van der Waals surface area (Å²) in [7, 11) is 0. The molecule has 2 amide bonds. The van der Waals surface area contributed by atoms with Crippen LogP contribution >= 0.6 is 11.6 Å². The quantitative estimate of drug-likeness (QED) is 0.373. The van der Waals surface area contributed by atoms with E-state index in [1.165, 1.54) is 17.0 Å². The molecule has 1 aliphatic heterocycles. The highest BCUT2D eigenvalue weighted by Gasteiger charge is 2.36. The summed E-state index contributed by atoms with van der Waals surface area (Å²) in [5, 5.41) is 2.84. The number of ether oxygens (including phenoxy) is 1. The smallest absolute Gasteiger partial charge is 0.362 e. The highest BCUT2D eigenvalue weighted by molar-refractivity contribution is 6.30. The van der Waals surface area contributed by atoms with Crippen LogP contribution in [-0.4, -0.2) is 36.3 Å². The molecule has 4 rings (SSSR count). The van der Waals surface area contributed by atoms with E-state index in [1.807, 2.05) is 0 Å². The molecule has 0 aliphatic carbocycles. The molecule has 1 aliphatic rings. The minimum atomic E-state index is -4.40. The van der Waals surface area contributed by atoms with Crippen molar-refractivity contribution in [3.63, 3.8) is 0 Å². The first kappa shape index (κ1) is 24.9. The van der Waals surface area contributed by atoms with E-state index < -0.39 is 42.5 Å². The van der Waals surface area contributed by atoms with Gasteiger partial charge in [-0.15, -0.1) is 0 Å². The predicted molar refractivity (Wildman–Crippen MR) is 121 cm³/mol. The molecule has 4 nitrogen and oxygen atoms in total. The van der Waals surface area contributed by atoms with Gasteiger partial charge in [0.05, 0.1) is 31.3 Å². The fraction of sp³-hybridized carbons (Fsp3) is 0.240. The summed E-state index contributed by atoms with van der Waals surface area (Å²) < 4.78 is 72.6. The minimum Gasteiger partial charge on any atom is -0.362 e. The predicted octanol–water partition coefficient (Wildman–Crippen LogP) is 6.75. The summed E-state index contributed by atoms with van der Waals surface area (Å²) in [5.74, 6) is -1.67. The van der Waals surface area contributed by atoms with Gasteiger partial charge in [0.1, 0.15) is 17.7 Å². The van der Waals surface area contributed by atoms with Gasteiger partial charge in [0, 0.05) is 11.1 Å². The van der Waals surface area contributed by atoms with E-state index in [2.05, 4.69) is 5.32 Å². The normalized spacial score (nSPS) is 15.0. The lowest BCUT2D eigenvalue weighted by Gasteiger charge is -2.41. The average Bonchev–Trinajstić information content (AvgIpc) is 2.75. The molecule has 184 valence electrons. The summed E-state index contributed by atoms with van der Waals surface area (Å²) in [6, 6.07) is 15.0. The first-order valence-corrected chi connectivity index (χ1v) is 11.0. The van der Waals surface area contributed by atoms with Crippen LogP contribution in [0.2, 0.25) is 5.02 Å². The van der Waals surface area contributed by atoms with Crippen molar-refractivity contribution in [1.82, 2.24) is 4.90 Å². The molecule has 0 bridgehead atoms. The molecule has 1 saturated heterocycles. The third-order valence-electron chi connectivity index (χ3n) is 5.54. The molecule has 10 heteroatoms. The standard InChI is InChI=1S/C25H20ClF5N2O2/c26-17-7-5-15(6-8-17)23(20-4-2-1-3-16(20)12-25(29,30)31)35-19-13-33(14-19)24(34)32-22-10-9-18(27)11-21(22)28/h1-11,19,23H,12-14H2,(H,32,34). The number of likely N-dealkylation sites (tertiary alicyclic amines) is 1. The third-order valence-corrected chi connectivity index (χ3v) is 5.79. The molecule has 1 heterocycles. The van der Waals surface area contributed by atoms with Gasteiger partial charge in [0.25, 0.3) is 0 Å². The van der Waals surface area contributed by atoms with Crippen LogP contribution < -0.4 is 5.32 Å². The Kier molecular flexibility index (Phi) is 7.28. The number of nitrogens with zero attached hydrogens (tertiary/aromatic N) is 1. The molecule has 1 fully saturated rings. The van der Waals surface area contributed by atoms with Crippen LogP contribution in [0.5, 0.6) is 0 Å². The molecule has 3 aromatic rings. The maximum absolute atomic E-state index is 13.8. The molecule has 3 aromatic carbocycles. The summed E-state index contributed by atoms with van der Waals surface area (Å²) in [4.78, 5) is 13.8. The molecule has 0 saturated carbocycles. The largest absolute Gasteiger partial charge is 0.393 e. The Hall–Kier alpha value is -3.17. The van der Waals surface area contributed by atoms with E-state index in [0.717, 1.165) is 12.1 Å². The number of carbonyl (C=O) groups excluding carboxylic acids is 1. The number of hydrogen-bond acceptors (Lipinski definition) is 2. The molecule has 1 atom stereocenters. The van der Waals surface area contributed by atoms with E-state index in [9.17, 15) is 26.7 Å². The van der Waals surface area contributed by atoms with Crippen LogP contribution in [0.1, 0.15) is 22.8 Å².